The van der Waals surface area contributed by atoms with Gasteiger partial charge in [0.2, 0.25) is 0 Å². The molecule has 0 aliphatic heterocycles. The smallest absolute Gasteiger partial charge is 0.0312 e. The summed E-state index contributed by atoms with van der Waals surface area (Å²) in [6.07, 6.45) is 10.1. The van der Waals surface area contributed by atoms with Crippen LogP contribution >= 0.6 is 0 Å². The maximum Gasteiger partial charge on any atom is 0.0312 e. The summed E-state index contributed by atoms with van der Waals surface area (Å²) in [7, 11) is 0. The number of hydrogen-bond acceptors (Lipinski definition) is 0. The van der Waals surface area contributed by atoms with E-state index in [1.54, 1.807) is 0 Å². The lowest BCUT2D eigenvalue weighted by molar-refractivity contribution is 0.708. The summed E-state index contributed by atoms with van der Waals surface area (Å²) in [5.41, 5.74) is 0. The van der Waals surface area contributed by atoms with Crippen LogP contribution in [0.15, 0.2) is 0 Å². The van der Waals surface area contributed by atoms with Gasteiger partial charge in [0.05, 0.1) is 0 Å². The maximum atomic E-state index is 5.19. The Kier molecular flexibility index (Phi) is 7.62. The third-order valence-electron chi connectivity index (χ3n) is 1.67. The SMILES string of the molecule is C#CCC(C#CCCCC)C[CH2]. The van der Waals surface area contributed by atoms with Crippen molar-refractivity contribution >= 4 is 0 Å². The second-order valence-corrected chi connectivity index (χ2v) is 2.82. The molecular formula is C12H17. The number of unbranched alkanes of at least 4 members (excludes halogenated alkanes) is 2. The Morgan fingerprint density at radius 3 is 2.75 bits per heavy atom. The Bertz CT molecular complexity index is 184. The van der Waals surface area contributed by atoms with Crippen LogP contribution in [0, 0.1) is 37.0 Å². The van der Waals surface area contributed by atoms with Gasteiger partial charge in [0, 0.05) is 18.8 Å². The first-order valence-electron chi connectivity index (χ1n) is 4.56. The van der Waals surface area contributed by atoms with E-state index in [0.29, 0.717) is 5.92 Å². The number of rotatable bonds is 4. The highest BCUT2D eigenvalue weighted by atomic mass is 14.0. The number of terminal acetylenes is 1. The van der Waals surface area contributed by atoms with Crippen LogP contribution in [0.25, 0.3) is 0 Å². The Hall–Kier alpha value is -0.880. The number of hydrogen-bond donors (Lipinski definition) is 0. The van der Waals surface area contributed by atoms with Gasteiger partial charge in [0.25, 0.3) is 0 Å². The molecule has 0 nitrogen and oxygen atoms in total. The van der Waals surface area contributed by atoms with E-state index in [0.717, 1.165) is 19.3 Å². The average molecular weight is 161 g/mol. The van der Waals surface area contributed by atoms with Gasteiger partial charge in [-0.15, -0.1) is 18.3 Å². The Morgan fingerprint density at radius 1 is 1.50 bits per heavy atom. The van der Waals surface area contributed by atoms with E-state index in [-0.39, 0.29) is 0 Å². The zero-order valence-electron chi connectivity index (χ0n) is 7.90. The first kappa shape index (κ1) is 11.1. The van der Waals surface area contributed by atoms with Gasteiger partial charge in [-0.25, -0.2) is 0 Å². The Morgan fingerprint density at radius 2 is 2.25 bits per heavy atom. The van der Waals surface area contributed by atoms with Crippen molar-refractivity contribution in [1.29, 1.82) is 0 Å². The second kappa shape index (κ2) is 8.22. The molecule has 0 bridgehead atoms. The summed E-state index contributed by atoms with van der Waals surface area (Å²) < 4.78 is 0. The van der Waals surface area contributed by atoms with Crippen LogP contribution in [0.1, 0.15) is 39.0 Å². The third kappa shape index (κ3) is 5.87. The summed E-state index contributed by atoms with van der Waals surface area (Å²) in [5, 5.41) is 0. The van der Waals surface area contributed by atoms with E-state index in [2.05, 4.69) is 31.6 Å². The van der Waals surface area contributed by atoms with Crippen LogP contribution in [-0.2, 0) is 0 Å². The zero-order chi connectivity index (χ0) is 9.23. The highest BCUT2D eigenvalue weighted by molar-refractivity contribution is 5.07. The summed E-state index contributed by atoms with van der Waals surface area (Å²) in [5.74, 6) is 9.22. The molecule has 0 aromatic carbocycles. The molecule has 0 heterocycles. The van der Waals surface area contributed by atoms with Gasteiger partial charge in [-0.3, -0.25) is 0 Å². The van der Waals surface area contributed by atoms with Crippen molar-refractivity contribution in [3.05, 3.63) is 6.92 Å². The molecular weight excluding hydrogens is 144 g/mol. The summed E-state index contributed by atoms with van der Waals surface area (Å²) in [6.45, 7) is 5.97. The van der Waals surface area contributed by atoms with Crippen molar-refractivity contribution in [2.75, 3.05) is 0 Å². The molecule has 1 atom stereocenters. The van der Waals surface area contributed by atoms with Crippen molar-refractivity contribution in [2.45, 2.75) is 39.0 Å². The molecule has 65 valence electrons. The molecule has 0 aromatic heterocycles. The molecule has 0 heteroatoms. The van der Waals surface area contributed by atoms with Gasteiger partial charge < -0.3 is 0 Å². The van der Waals surface area contributed by atoms with E-state index >= 15 is 0 Å². The fourth-order valence-electron chi connectivity index (χ4n) is 0.849. The van der Waals surface area contributed by atoms with Crippen molar-refractivity contribution < 1.29 is 0 Å². The lowest BCUT2D eigenvalue weighted by atomic mass is 10.0. The van der Waals surface area contributed by atoms with Gasteiger partial charge in [-0.2, -0.15) is 0 Å². The topological polar surface area (TPSA) is 0 Å². The quantitative estimate of drug-likeness (QED) is 0.439. The molecule has 12 heavy (non-hydrogen) atoms. The van der Waals surface area contributed by atoms with Gasteiger partial charge >= 0.3 is 0 Å². The largest absolute Gasteiger partial charge is 0.120 e. The molecule has 0 spiro atoms. The molecule has 0 aliphatic rings. The molecule has 0 aromatic rings. The zero-order valence-corrected chi connectivity index (χ0v) is 7.90. The summed E-state index contributed by atoms with van der Waals surface area (Å²) in [4.78, 5) is 0. The van der Waals surface area contributed by atoms with Crippen LogP contribution in [0.4, 0.5) is 0 Å². The maximum absolute atomic E-state index is 5.19. The average Bonchev–Trinajstić information content (AvgIpc) is 2.10. The minimum Gasteiger partial charge on any atom is -0.120 e. The van der Waals surface area contributed by atoms with Crippen molar-refractivity contribution in [3.63, 3.8) is 0 Å². The monoisotopic (exact) mass is 161 g/mol. The van der Waals surface area contributed by atoms with Crippen molar-refractivity contribution in [3.8, 4) is 24.2 Å². The fourth-order valence-corrected chi connectivity index (χ4v) is 0.849. The first-order chi connectivity index (χ1) is 5.85. The molecule has 1 radical (unpaired) electrons. The molecule has 0 aliphatic carbocycles. The molecule has 1 unspecified atom stereocenters. The highest BCUT2D eigenvalue weighted by Gasteiger charge is 1.97. The van der Waals surface area contributed by atoms with Crippen LogP contribution < -0.4 is 0 Å². The van der Waals surface area contributed by atoms with Crippen LogP contribution in [0.2, 0.25) is 0 Å². The van der Waals surface area contributed by atoms with Gasteiger partial charge in [0.1, 0.15) is 0 Å². The van der Waals surface area contributed by atoms with Gasteiger partial charge in [-0.05, 0) is 12.8 Å². The molecule has 0 amide bonds. The Balaban J connectivity index is 3.66. The molecule has 0 rings (SSSR count). The van der Waals surface area contributed by atoms with Crippen LogP contribution in [-0.4, -0.2) is 0 Å². The Labute approximate surface area is 76.8 Å². The van der Waals surface area contributed by atoms with Gasteiger partial charge in [0.15, 0.2) is 0 Å². The lowest BCUT2D eigenvalue weighted by Gasteiger charge is -1.99. The van der Waals surface area contributed by atoms with E-state index in [4.69, 9.17) is 6.42 Å². The minimum atomic E-state index is 0.312. The molecule has 0 saturated heterocycles. The summed E-state index contributed by atoms with van der Waals surface area (Å²) >= 11 is 0. The van der Waals surface area contributed by atoms with E-state index in [1.165, 1.54) is 12.8 Å². The second-order valence-electron chi connectivity index (χ2n) is 2.82. The fraction of sp³-hybridized carbons (Fsp3) is 0.583. The molecule has 0 saturated carbocycles. The van der Waals surface area contributed by atoms with Crippen molar-refractivity contribution in [1.82, 2.24) is 0 Å². The van der Waals surface area contributed by atoms with Crippen LogP contribution in [0.3, 0.4) is 0 Å². The normalized spacial score (nSPS) is 11.1. The standard InChI is InChI=1S/C12H17/c1-4-7-8-9-11-12(6-3)10-5-2/h2,12H,3-4,6-8,10H2,1H3. The van der Waals surface area contributed by atoms with Crippen molar-refractivity contribution in [2.24, 2.45) is 5.92 Å². The van der Waals surface area contributed by atoms with E-state index in [9.17, 15) is 0 Å². The lowest BCUT2D eigenvalue weighted by Crippen LogP contribution is -1.92. The van der Waals surface area contributed by atoms with E-state index < -0.39 is 0 Å². The van der Waals surface area contributed by atoms with Crippen LogP contribution in [0.5, 0.6) is 0 Å². The molecule has 0 fully saturated rings. The predicted octanol–water partition coefficient (Wildman–Crippen LogP) is 3.04. The molecule has 0 N–H and O–H groups in total. The predicted molar refractivity (Wildman–Crippen MR) is 54.2 cm³/mol. The third-order valence-corrected chi connectivity index (χ3v) is 1.67. The highest BCUT2D eigenvalue weighted by Crippen LogP contribution is 2.04. The minimum absolute atomic E-state index is 0.312. The van der Waals surface area contributed by atoms with E-state index in [1.807, 2.05) is 0 Å². The first-order valence-corrected chi connectivity index (χ1v) is 4.56. The summed E-state index contributed by atoms with van der Waals surface area (Å²) in [6, 6.07) is 0. The van der Waals surface area contributed by atoms with Gasteiger partial charge in [-0.1, -0.05) is 26.2 Å².